The number of hydrogen-bond donors (Lipinski definition) is 0. The van der Waals surface area contributed by atoms with Gasteiger partial charge in [0.15, 0.2) is 5.78 Å². The van der Waals surface area contributed by atoms with Crippen LogP contribution < -0.4 is 0 Å². The van der Waals surface area contributed by atoms with E-state index in [0.29, 0.717) is 23.0 Å². The van der Waals surface area contributed by atoms with Gasteiger partial charge in [0.1, 0.15) is 0 Å². The second-order valence-electron chi connectivity index (χ2n) is 7.18. The Kier molecular flexibility index (Phi) is 2.43. The summed E-state index contributed by atoms with van der Waals surface area (Å²) in [5.74, 6) is 2.48. The molecule has 0 saturated heterocycles. The first-order valence-electron chi connectivity index (χ1n) is 7.81. The minimum Gasteiger partial charge on any atom is -0.294 e. The van der Waals surface area contributed by atoms with Crippen LogP contribution in [0.5, 0.6) is 0 Å². The van der Waals surface area contributed by atoms with Crippen LogP contribution in [0.15, 0.2) is 24.3 Å². The molecule has 2 fully saturated rings. The molecule has 100 valence electrons. The number of rotatable bonds is 0. The first kappa shape index (κ1) is 11.7. The molecule has 0 aliphatic heterocycles. The standard InChI is InChI=1S/C18H22O/c1-18-9-4-7-16(18)15-11-17(19)14-6-3-2-5-12(14)13(15)8-10-18/h2-3,5-6,13,15-16H,4,7-11H2,1H3. The summed E-state index contributed by atoms with van der Waals surface area (Å²) in [5, 5.41) is 0. The van der Waals surface area contributed by atoms with Crippen molar-refractivity contribution in [2.45, 2.75) is 51.4 Å². The third-order valence-corrected chi connectivity index (χ3v) is 6.30. The first-order valence-corrected chi connectivity index (χ1v) is 7.81. The highest BCUT2D eigenvalue weighted by molar-refractivity contribution is 5.99. The van der Waals surface area contributed by atoms with E-state index in [1.54, 1.807) is 0 Å². The molecule has 0 N–H and O–H groups in total. The van der Waals surface area contributed by atoms with Gasteiger partial charge in [-0.2, -0.15) is 0 Å². The Balaban J connectivity index is 1.78. The van der Waals surface area contributed by atoms with Gasteiger partial charge in [-0.15, -0.1) is 0 Å². The fourth-order valence-corrected chi connectivity index (χ4v) is 5.35. The molecule has 1 heteroatoms. The number of hydrogen-bond acceptors (Lipinski definition) is 1. The van der Waals surface area contributed by atoms with Crippen molar-refractivity contribution < 1.29 is 4.79 Å². The third-order valence-electron chi connectivity index (χ3n) is 6.30. The van der Waals surface area contributed by atoms with E-state index < -0.39 is 0 Å². The summed E-state index contributed by atoms with van der Waals surface area (Å²) in [4.78, 5) is 12.4. The van der Waals surface area contributed by atoms with E-state index in [2.05, 4.69) is 19.1 Å². The summed E-state index contributed by atoms with van der Waals surface area (Å²) < 4.78 is 0. The van der Waals surface area contributed by atoms with E-state index >= 15 is 0 Å². The minimum absolute atomic E-state index is 0.396. The van der Waals surface area contributed by atoms with Gasteiger partial charge in [-0.05, 0) is 54.4 Å². The predicted molar refractivity (Wildman–Crippen MR) is 76.3 cm³/mol. The second kappa shape index (κ2) is 3.94. The Morgan fingerprint density at radius 2 is 2.00 bits per heavy atom. The van der Waals surface area contributed by atoms with Crippen LogP contribution in [0.2, 0.25) is 0 Å². The zero-order valence-corrected chi connectivity index (χ0v) is 11.7. The molecule has 0 radical (unpaired) electrons. The minimum atomic E-state index is 0.396. The number of ketones is 1. The van der Waals surface area contributed by atoms with Gasteiger partial charge in [0, 0.05) is 12.0 Å². The van der Waals surface area contributed by atoms with Crippen molar-refractivity contribution >= 4 is 5.78 Å². The molecule has 3 aliphatic carbocycles. The Morgan fingerprint density at radius 3 is 2.89 bits per heavy atom. The SMILES string of the molecule is CC12CCCC1C1CC(=O)c3ccccc3C1CC2. The van der Waals surface area contributed by atoms with Gasteiger partial charge in [0.2, 0.25) is 0 Å². The second-order valence-corrected chi connectivity index (χ2v) is 7.18. The Labute approximate surface area is 115 Å². The Hall–Kier alpha value is -1.11. The summed E-state index contributed by atoms with van der Waals surface area (Å²) in [6.07, 6.45) is 7.58. The molecule has 4 rings (SSSR count). The largest absolute Gasteiger partial charge is 0.294 e. The Bertz CT molecular complexity index is 532. The van der Waals surface area contributed by atoms with E-state index in [-0.39, 0.29) is 0 Å². The summed E-state index contributed by atoms with van der Waals surface area (Å²) in [6, 6.07) is 8.37. The third kappa shape index (κ3) is 1.57. The molecule has 0 amide bonds. The van der Waals surface area contributed by atoms with Crippen molar-refractivity contribution in [1.82, 2.24) is 0 Å². The van der Waals surface area contributed by atoms with Crippen LogP contribution >= 0.6 is 0 Å². The first-order chi connectivity index (χ1) is 9.19. The lowest BCUT2D eigenvalue weighted by molar-refractivity contribution is 0.0527. The number of Topliss-reactive ketones (excluding diaryl/α,β-unsaturated/α-hetero) is 1. The zero-order valence-electron chi connectivity index (χ0n) is 11.7. The Morgan fingerprint density at radius 1 is 1.16 bits per heavy atom. The van der Waals surface area contributed by atoms with Gasteiger partial charge in [-0.1, -0.05) is 37.6 Å². The van der Waals surface area contributed by atoms with Crippen LogP contribution in [0.25, 0.3) is 0 Å². The quantitative estimate of drug-likeness (QED) is 0.662. The molecule has 1 aromatic carbocycles. The van der Waals surface area contributed by atoms with Crippen LogP contribution in [0.3, 0.4) is 0 Å². The highest BCUT2D eigenvalue weighted by Gasteiger charge is 2.51. The molecule has 4 atom stereocenters. The monoisotopic (exact) mass is 254 g/mol. The van der Waals surface area contributed by atoms with Gasteiger partial charge >= 0.3 is 0 Å². The highest BCUT2D eigenvalue weighted by atomic mass is 16.1. The lowest BCUT2D eigenvalue weighted by Gasteiger charge is -2.48. The van der Waals surface area contributed by atoms with Crippen LogP contribution in [0.1, 0.15) is 67.3 Å². The molecule has 0 bridgehead atoms. The summed E-state index contributed by atoms with van der Waals surface area (Å²) in [7, 11) is 0. The fraction of sp³-hybridized carbons (Fsp3) is 0.611. The van der Waals surface area contributed by atoms with Crippen molar-refractivity contribution in [3.63, 3.8) is 0 Å². The predicted octanol–water partition coefficient (Wildman–Crippen LogP) is 4.57. The zero-order chi connectivity index (χ0) is 13.0. The summed E-state index contributed by atoms with van der Waals surface area (Å²) >= 11 is 0. The topological polar surface area (TPSA) is 17.1 Å². The fourth-order valence-electron chi connectivity index (χ4n) is 5.35. The maximum atomic E-state index is 12.4. The number of carbonyl (C=O) groups is 1. The highest BCUT2D eigenvalue weighted by Crippen LogP contribution is 2.60. The molecule has 19 heavy (non-hydrogen) atoms. The maximum absolute atomic E-state index is 12.4. The van der Waals surface area contributed by atoms with Crippen LogP contribution in [-0.4, -0.2) is 5.78 Å². The van der Waals surface area contributed by atoms with Crippen molar-refractivity contribution in [3.8, 4) is 0 Å². The lowest BCUT2D eigenvalue weighted by Crippen LogP contribution is -2.41. The van der Waals surface area contributed by atoms with Crippen molar-refractivity contribution in [1.29, 1.82) is 0 Å². The summed E-state index contributed by atoms with van der Waals surface area (Å²) in [5.41, 5.74) is 2.91. The molecule has 2 saturated carbocycles. The maximum Gasteiger partial charge on any atom is 0.163 e. The van der Waals surface area contributed by atoms with Crippen molar-refractivity contribution in [3.05, 3.63) is 35.4 Å². The van der Waals surface area contributed by atoms with Gasteiger partial charge in [0.05, 0.1) is 0 Å². The number of benzene rings is 1. The normalized spacial score (nSPS) is 40.5. The molecule has 0 heterocycles. The lowest BCUT2D eigenvalue weighted by atomic mass is 9.55. The van der Waals surface area contributed by atoms with Gasteiger partial charge in [0.25, 0.3) is 0 Å². The van der Waals surface area contributed by atoms with Gasteiger partial charge in [-0.3, -0.25) is 4.79 Å². The molecule has 0 aromatic heterocycles. The molecular formula is C18H22O. The van der Waals surface area contributed by atoms with Crippen LogP contribution in [0, 0.1) is 17.3 Å². The average molecular weight is 254 g/mol. The molecule has 1 aromatic rings. The van der Waals surface area contributed by atoms with E-state index in [9.17, 15) is 4.79 Å². The van der Waals surface area contributed by atoms with Crippen LogP contribution in [-0.2, 0) is 0 Å². The van der Waals surface area contributed by atoms with E-state index in [1.165, 1.54) is 37.7 Å². The van der Waals surface area contributed by atoms with E-state index in [0.717, 1.165) is 17.9 Å². The average Bonchev–Trinajstić information content (AvgIpc) is 2.81. The molecule has 3 aliphatic rings. The smallest absolute Gasteiger partial charge is 0.163 e. The van der Waals surface area contributed by atoms with Crippen molar-refractivity contribution in [2.24, 2.45) is 17.3 Å². The van der Waals surface area contributed by atoms with Crippen LogP contribution in [0.4, 0.5) is 0 Å². The summed E-state index contributed by atoms with van der Waals surface area (Å²) in [6.45, 7) is 2.48. The molecular weight excluding hydrogens is 232 g/mol. The number of carbonyl (C=O) groups excluding carboxylic acids is 1. The molecule has 0 spiro atoms. The van der Waals surface area contributed by atoms with Gasteiger partial charge < -0.3 is 0 Å². The van der Waals surface area contributed by atoms with Gasteiger partial charge in [-0.25, -0.2) is 0 Å². The molecule has 4 unspecified atom stereocenters. The van der Waals surface area contributed by atoms with E-state index in [4.69, 9.17) is 0 Å². The number of fused-ring (bicyclic) bond motifs is 5. The van der Waals surface area contributed by atoms with E-state index in [1.807, 2.05) is 12.1 Å². The van der Waals surface area contributed by atoms with Crippen molar-refractivity contribution in [2.75, 3.05) is 0 Å². The molecule has 1 nitrogen and oxygen atoms in total.